The smallest absolute Gasteiger partial charge is 0.336 e. The van der Waals surface area contributed by atoms with Gasteiger partial charge in [0.05, 0.1) is 18.7 Å². The number of carboxylic acids is 1. The molecule has 5 nitrogen and oxygen atoms in total. The van der Waals surface area contributed by atoms with Crippen LogP contribution in [0.15, 0.2) is 22.7 Å². The Hall–Kier alpha value is -1.47. The molecule has 0 aromatic heterocycles. The van der Waals surface area contributed by atoms with E-state index >= 15 is 0 Å². The van der Waals surface area contributed by atoms with E-state index in [-0.39, 0.29) is 22.1 Å². The Morgan fingerprint density at radius 1 is 1.44 bits per heavy atom. The molecule has 0 saturated heterocycles. The summed E-state index contributed by atoms with van der Waals surface area (Å²) < 4.78 is 13.0. The summed E-state index contributed by atoms with van der Waals surface area (Å²) in [5.74, 6) is -1.65. The van der Waals surface area contributed by atoms with Crippen molar-refractivity contribution < 1.29 is 24.2 Å². The highest BCUT2D eigenvalue weighted by Gasteiger charge is 2.13. The lowest BCUT2D eigenvalue weighted by Gasteiger charge is -2.08. The molecule has 0 saturated carbocycles. The SMILES string of the molecule is O=C(NCC(F)CO)c1ccc(C(=O)O)c(Br)c1. The van der Waals surface area contributed by atoms with Crippen LogP contribution < -0.4 is 5.32 Å². The molecule has 0 aliphatic carbocycles. The maximum absolute atomic E-state index is 12.7. The van der Waals surface area contributed by atoms with Gasteiger partial charge in [0.2, 0.25) is 0 Å². The van der Waals surface area contributed by atoms with E-state index in [1.165, 1.54) is 18.2 Å². The van der Waals surface area contributed by atoms with Crippen molar-refractivity contribution in [1.82, 2.24) is 5.32 Å². The van der Waals surface area contributed by atoms with E-state index in [0.29, 0.717) is 0 Å². The molecule has 1 aromatic rings. The van der Waals surface area contributed by atoms with Crippen molar-refractivity contribution in [3.05, 3.63) is 33.8 Å². The van der Waals surface area contributed by atoms with Gasteiger partial charge in [-0.05, 0) is 34.1 Å². The second-order valence-corrected chi connectivity index (χ2v) is 4.34. The zero-order valence-electron chi connectivity index (χ0n) is 9.19. The fourth-order valence-corrected chi connectivity index (χ4v) is 1.75. The molecule has 0 spiro atoms. The number of carbonyl (C=O) groups excluding carboxylic acids is 1. The monoisotopic (exact) mass is 319 g/mol. The van der Waals surface area contributed by atoms with Crippen LogP contribution in [0.3, 0.4) is 0 Å². The number of benzene rings is 1. The number of rotatable bonds is 5. The normalized spacial score (nSPS) is 11.9. The highest BCUT2D eigenvalue weighted by molar-refractivity contribution is 9.10. The van der Waals surface area contributed by atoms with Gasteiger partial charge in [0.1, 0.15) is 6.17 Å². The van der Waals surface area contributed by atoms with Crippen LogP contribution >= 0.6 is 15.9 Å². The molecule has 0 fully saturated rings. The van der Waals surface area contributed by atoms with Gasteiger partial charge in [-0.3, -0.25) is 4.79 Å². The molecule has 1 amide bonds. The molecule has 0 bridgehead atoms. The van der Waals surface area contributed by atoms with Crippen LogP contribution in [-0.2, 0) is 0 Å². The fraction of sp³-hybridized carbons (Fsp3) is 0.273. The predicted octanol–water partition coefficient (Wildman–Crippen LogP) is 1.21. The number of aromatic carboxylic acids is 1. The number of hydrogen-bond donors (Lipinski definition) is 3. The molecule has 18 heavy (non-hydrogen) atoms. The highest BCUT2D eigenvalue weighted by atomic mass is 79.9. The number of amides is 1. The number of hydrogen-bond acceptors (Lipinski definition) is 3. The maximum atomic E-state index is 12.7. The summed E-state index contributed by atoms with van der Waals surface area (Å²) >= 11 is 3.03. The van der Waals surface area contributed by atoms with Crippen LogP contribution in [0, 0.1) is 0 Å². The van der Waals surface area contributed by atoms with Crippen LogP contribution in [0.2, 0.25) is 0 Å². The Balaban J connectivity index is 2.76. The molecule has 1 atom stereocenters. The first-order valence-electron chi connectivity index (χ1n) is 5.01. The number of aliphatic hydroxyl groups excluding tert-OH is 1. The van der Waals surface area contributed by atoms with Gasteiger partial charge in [0.15, 0.2) is 0 Å². The maximum Gasteiger partial charge on any atom is 0.336 e. The number of aliphatic hydroxyl groups is 1. The van der Waals surface area contributed by atoms with Gasteiger partial charge in [-0.1, -0.05) is 0 Å². The average Bonchev–Trinajstić information content (AvgIpc) is 2.34. The number of alkyl halides is 1. The molecule has 7 heteroatoms. The van der Waals surface area contributed by atoms with Crippen LogP contribution in [0.1, 0.15) is 20.7 Å². The largest absolute Gasteiger partial charge is 0.478 e. The summed E-state index contributed by atoms with van der Waals surface area (Å²) in [5.41, 5.74) is 0.238. The molecule has 0 aliphatic heterocycles. The highest BCUT2D eigenvalue weighted by Crippen LogP contribution is 2.18. The van der Waals surface area contributed by atoms with E-state index < -0.39 is 24.7 Å². The minimum absolute atomic E-state index is 0.0327. The van der Waals surface area contributed by atoms with Crippen LogP contribution in [-0.4, -0.2) is 41.4 Å². The van der Waals surface area contributed by atoms with Crippen molar-refractivity contribution in [2.75, 3.05) is 13.2 Å². The second-order valence-electron chi connectivity index (χ2n) is 3.49. The Morgan fingerprint density at radius 2 is 2.11 bits per heavy atom. The first-order valence-corrected chi connectivity index (χ1v) is 5.81. The zero-order valence-corrected chi connectivity index (χ0v) is 10.8. The fourth-order valence-electron chi connectivity index (χ4n) is 1.20. The lowest BCUT2D eigenvalue weighted by atomic mass is 10.1. The average molecular weight is 320 g/mol. The van der Waals surface area contributed by atoms with Gasteiger partial charge in [0.25, 0.3) is 5.91 Å². The third-order valence-corrected chi connectivity index (χ3v) is 2.80. The van der Waals surface area contributed by atoms with E-state index in [0.717, 1.165) is 0 Å². The standard InChI is InChI=1S/C11H11BrFNO4/c12-9-3-6(1-2-8(9)11(17)18)10(16)14-4-7(13)5-15/h1-3,7,15H,4-5H2,(H,14,16)(H,17,18). The van der Waals surface area contributed by atoms with Gasteiger partial charge in [0, 0.05) is 10.0 Å². The molecule has 1 unspecified atom stereocenters. The lowest BCUT2D eigenvalue weighted by molar-refractivity contribution is 0.0695. The van der Waals surface area contributed by atoms with Gasteiger partial charge in [-0.2, -0.15) is 0 Å². The molecular formula is C11H11BrFNO4. The van der Waals surface area contributed by atoms with Crippen molar-refractivity contribution in [2.24, 2.45) is 0 Å². The summed E-state index contributed by atoms with van der Waals surface area (Å²) in [6.07, 6.45) is -1.52. The molecule has 1 rings (SSSR count). The summed E-state index contributed by atoms with van der Waals surface area (Å²) in [7, 11) is 0. The summed E-state index contributed by atoms with van der Waals surface area (Å²) in [6, 6.07) is 3.95. The number of carboxylic acid groups (broad SMARTS) is 1. The third kappa shape index (κ3) is 3.78. The van der Waals surface area contributed by atoms with Crippen LogP contribution in [0.5, 0.6) is 0 Å². The zero-order chi connectivity index (χ0) is 13.7. The Kier molecular flexibility index (Phi) is 5.24. The van der Waals surface area contributed by atoms with E-state index in [2.05, 4.69) is 21.2 Å². The summed E-state index contributed by atoms with van der Waals surface area (Å²) in [5, 5.41) is 19.5. The molecule has 0 aliphatic rings. The lowest BCUT2D eigenvalue weighted by Crippen LogP contribution is -2.31. The van der Waals surface area contributed by atoms with Crippen molar-refractivity contribution in [1.29, 1.82) is 0 Å². The van der Waals surface area contributed by atoms with Crippen molar-refractivity contribution >= 4 is 27.8 Å². The van der Waals surface area contributed by atoms with Crippen molar-refractivity contribution in [2.45, 2.75) is 6.17 Å². The summed E-state index contributed by atoms with van der Waals surface area (Å²) in [4.78, 5) is 22.3. The molecular weight excluding hydrogens is 309 g/mol. The number of carbonyl (C=O) groups is 2. The Bertz CT molecular complexity index is 466. The van der Waals surface area contributed by atoms with E-state index in [4.69, 9.17) is 10.2 Å². The van der Waals surface area contributed by atoms with Crippen molar-refractivity contribution in [3.8, 4) is 0 Å². The molecule has 0 heterocycles. The molecule has 98 valence electrons. The minimum Gasteiger partial charge on any atom is -0.478 e. The van der Waals surface area contributed by atoms with Gasteiger partial charge >= 0.3 is 5.97 Å². The first-order chi connectivity index (χ1) is 8.45. The van der Waals surface area contributed by atoms with Gasteiger partial charge < -0.3 is 15.5 Å². The predicted molar refractivity (Wildman–Crippen MR) is 65.4 cm³/mol. The minimum atomic E-state index is -1.52. The Labute approximate surface area is 111 Å². The third-order valence-electron chi connectivity index (χ3n) is 2.14. The van der Waals surface area contributed by atoms with E-state index in [1.54, 1.807) is 0 Å². The van der Waals surface area contributed by atoms with E-state index in [1.807, 2.05) is 0 Å². The first kappa shape index (κ1) is 14.6. The number of nitrogens with one attached hydrogen (secondary N) is 1. The van der Waals surface area contributed by atoms with Crippen LogP contribution in [0.4, 0.5) is 4.39 Å². The number of halogens is 2. The molecule has 1 aromatic carbocycles. The topological polar surface area (TPSA) is 86.6 Å². The van der Waals surface area contributed by atoms with Gasteiger partial charge in [-0.15, -0.1) is 0 Å². The van der Waals surface area contributed by atoms with E-state index in [9.17, 15) is 14.0 Å². The Morgan fingerprint density at radius 3 is 2.61 bits per heavy atom. The molecule has 3 N–H and O–H groups in total. The summed E-state index contributed by atoms with van der Waals surface area (Å²) in [6.45, 7) is -0.963. The van der Waals surface area contributed by atoms with Gasteiger partial charge in [-0.25, -0.2) is 9.18 Å². The van der Waals surface area contributed by atoms with Crippen LogP contribution in [0.25, 0.3) is 0 Å². The molecule has 0 radical (unpaired) electrons. The quantitative estimate of drug-likeness (QED) is 0.761. The van der Waals surface area contributed by atoms with Crippen molar-refractivity contribution in [3.63, 3.8) is 0 Å². The second kappa shape index (κ2) is 6.46.